The van der Waals surface area contributed by atoms with Gasteiger partial charge in [-0.05, 0) is 38.0 Å². The lowest BCUT2D eigenvalue weighted by molar-refractivity contribution is 0.0887. The van der Waals surface area contributed by atoms with Gasteiger partial charge in [0.15, 0.2) is 5.13 Å². The van der Waals surface area contributed by atoms with Crippen molar-refractivity contribution in [2.24, 2.45) is 0 Å². The monoisotopic (exact) mass is 377 g/mol. The van der Waals surface area contributed by atoms with E-state index in [2.05, 4.69) is 10.1 Å². The van der Waals surface area contributed by atoms with Gasteiger partial charge in [-0.1, -0.05) is 28.1 Å². The number of thiazole rings is 1. The number of carbonyl (C=O) groups excluding carboxylic acids is 1. The summed E-state index contributed by atoms with van der Waals surface area (Å²) in [7, 11) is 0. The number of carbonyl (C=O) groups is 1. The number of rotatable bonds is 4. The maximum absolute atomic E-state index is 13.0. The Morgan fingerprint density at radius 1 is 1.44 bits per heavy atom. The molecule has 3 heterocycles. The van der Waals surface area contributed by atoms with Gasteiger partial charge in [0.25, 0.3) is 5.91 Å². The van der Waals surface area contributed by atoms with Crippen molar-refractivity contribution in [3.8, 4) is 0 Å². The third-order valence-corrected chi connectivity index (χ3v) is 5.34. The number of anilines is 1. The lowest BCUT2D eigenvalue weighted by Crippen LogP contribution is -2.37. The highest BCUT2D eigenvalue weighted by atomic mass is 35.5. The van der Waals surface area contributed by atoms with Crippen LogP contribution in [0.4, 0.5) is 5.13 Å². The molecule has 1 amide bonds. The summed E-state index contributed by atoms with van der Waals surface area (Å²) >= 11 is 7.49. The Morgan fingerprint density at radius 3 is 3.04 bits per heavy atom. The molecular formula is C17H16ClN3O3S. The summed E-state index contributed by atoms with van der Waals surface area (Å²) in [4.78, 5) is 19.2. The maximum atomic E-state index is 13.0. The maximum Gasteiger partial charge on any atom is 0.298 e. The number of halogens is 1. The van der Waals surface area contributed by atoms with Gasteiger partial charge in [-0.15, -0.1) is 0 Å². The molecule has 0 radical (unpaired) electrons. The standard InChI is InChI=1S/C17H16ClN3O3S/c1-10-7-14(24-20-10)16(22)21(9-12-3-2-6-23-12)17-19-13-5-4-11(18)8-15(13)25-17/h4-5,7-8,12H,2-3,6,9H2,1H3/t12-/m1/s1. The van der Waals surface area contributed by atoms with Crippen molar-refractivity contribution in [3.63, 3.8) is 0 Å². The van der Waals surface area contributed by atoms with Gasteiger partial charge in [0.05, 0.1) is 28.6 Å². The van der Waals surface area contributed by atoms with E-state index in [-0.39, 0.29) is 17.8 Å². The molecule has 4 rings (SSSR count). The summed E-state index contributed by atoms with van der Waals surface area (Å²) in [5.74, 6) is -0.0611. The van der Waals surface area contributed by atoms with Crippen LogP contribution in [-0.4, -0.2) is 35.3 Å². The van der Waals surface area contributed by atoms with E-state index >= 15 is 0 Å². The number of nitrogens with zero attached hydrogens (tertiary/aromatic N) is 3. The average molecular weight is 378 g/mol. The number of hydrogen-bond donors (Lipinski definition) is 0. The van der Waals surface area contributed by atoms with Gasteiger partial charge in [0.1, 0.15) is 0 Å². The Hall–Kier alpha value is -1.96. The van der Waals surface area contributed by atoms with E-state index in [0.717, 1.165) is 29.7 Å². The molecule has 0 saturated carbocycles. The zero-order valence-corrected chi connectivity index (χ0v) is 15.1. The van der Waals surface area contributed by atoms with E-state index in [1.807, 2.05) is 12.1 Å². The van der Waals surface area contributed by atoms with Crippen molar-refractivity contribution in [1.82, 2.24) is 10.1 Å². The topological polar surface area (TPSA) is 68.5 Å². The predicted molar refractivity (Wildman–Crippen MR) is 96.5 cm³/mol. The minimum Gasteiger partial charge on any atom is -0.376 e. The smallest absolute Gasteiger partial charge is 0.298 e. The molecule has 0 spiro atoms. The Balaban J connectivity index is 1.70. The van der Waals surface area contributed by atoms with Gasteiger partial charge in [-0.25, -0.2) is 4.98 Å². The quantitative estimate of drug-likeness (QED) is 0.685. The van der Waals surface area contributed by atoms with Crippen molar-refractivity contribution in [1.29, 1.82) is 0 Å². The second-order valence-corrected chi connectivity index (χ2v) is 7.44. The molecule has 1 saturated heterocycles. The van der Waals surface area contributed by atoms with Crippen molar-refractivity contribution >= 4 is 44.2 Å². The summed E-state index contributed by atoms with van der Waals surface area (Å²) in [6.07, 6.45) is 1.93. The highest BCUT2D eigenvalue weighted by Crippen LogP contribution is 2.32. The molecule has 25 heavy (non-hydrogen) atoms. The third kappa shape index (κ3) is 3.40. The molecule has 2 aromatic heterocycles. The fraction of sp³-hybridized carbons (Fsp3) is 0.353. The Kier molecular flexibility index (Phi) is 4.45. The van der Waals surface area contributed by atoms with Gasteiger partial charge in [0, 0.05) is 17.7 Å². The second-order valence-electron chi connectivity index (χ2n) is 5.99. The predicted octanol–water partition coefficient (Wildman–Crippen LogP) is 4.07. The number of ether oxygens (including phenoxy) is 1. The molecule has 0 N–H and O–H groups in total. The van der Waals surface area contributed by atoms with Gasteiger partial charge >= 0.3 is 0 Å². The molecule has 3 aromatic rings. The zero-order valence-electron chi connectivity index (χ0n) is 13.6. The van der Waals surface area contributed by atoms with E-state index in [1.54, 1.807) is 24.0 Å². The minimum absolute atomic E-state index is 0.00330. The van der Waals surface area contributed by atoms with Gasteiger partial charge in [0.2, 0.25) is 5.76 Å². The van der Waals surface area contributed by atoms with Crippen LogP contribution in [0.3, 0.4) is 0 Å². The van der Waals surface area contributed by atoms with Crippen molar-refractivity contribution in [2.75, 3.05) is 18.1 Å². The number of benzene rings is 1. The van der Waals surface area contributed by atoms with Crippen molar-refractivity contribution in [2.45, 2.75) is 25.9 Å². The lowest BCUT2D eigenvalue weighted by Gasteiger charge is -2.21. The van der Waals surface area contributed by atoms with Crippen LogP contribution in [0, 0.1) is 6.92 Å². The number of hydrogen-bond acceptors (Lipinski definition) is 6. The molecule has 8 heteroatoms. The third-order valence-electron chi connectivity index (χ3n) is 4.06. The Bertz CT molecular complexity index is 917. The molecule has 1 aliphatic heterocycles. The normalized spacial score (nSPS) is 17.3. The van der Waals surface area contributed by atoms with E-state index in [4.69, 9.17) is 20.9 Å². The van der Waals surface area contributed by atoms with E-state index in [1.165, 1.54) is 11.3 Å². The van der Waals surface area contributed by atoms with Crippen molar-refractivity contribution in [3.05, 3.63) is 40.7 Å². The molecule has 1 aliphatic rings. The van der Waals surface area contributed by atoms with Crippen LogP contribution in [0.15, 0.2) is 28.8 Å². The summed E-state index contributed by atoms with van der Waals surface area (Å²) in [6, 6.07) is 7.13. The summed E-state index contributed by atoms with van der Waals surface area (Å²) < 4.78 is 11.8. The summed E-state index contributed by atoms with van der Waals surface area (Å²) in [6.45, 7) is 2.94. The first kappa shape index (κ1) is 16.5. The number of aromatic nitrogens is 2. The molecule has 1 fully saturated rings. The summed E-state index contributed by atoms with van der Waals surface area (Å²) in [5.41, 5.74) is 1.47. The molecule has 0 aliphatic carbocycles. The first-order valence-corrected chi connectivity index (χ1v) is 9.22. The first-order chi connectivity index (χ1) is 12.1. The minimum atomic E-state index is -0.263. The molecule has 1 aromatic carbocycles. The van der Waals surface area contributed by atoms with E-state index < -0.39 is 0 Å². The molecular weight excluding hydrogens is 362 g/mol. The average Bonchev–Trinajstić information content (AvgIpc) is 3.31. The van der Waals surface area contributed by atoms with Crippen LogP contribution in [0.1, 0.15) is 29.1 Å². The van der Waals surface area contributed by atoms with Gasteiger partial charge < -0.3 is 9.26 Å². The molecule has 130 valence electrons. The van der Waals surface area contributed by atoms with Crippen LogP contribution in [0.5, 0.6) is 0 Å². The van der Waals surface area contributed by atoms with E-state index in [0.29, 0.717) is 22.4 Å². The fourth-order valence-electron chi connectivity index (χ4n) is 2.84. The van der Waals surface area contributed by atoms with Crippen LogP contribution >= 0.6 is 22.9 Å². The summed E-state index contributed by atoms with van der Waals surface area (Å²) in [5, 5.41) is 5.06. The number of fused-ring (bicyclic) bond motifs is 1. The molecule has 6 nitrogen and oxygen atoms in total. The van der Waals surface area contributed by atoms with Crippen LogP contribution in [0.2, 0.25) is 5.02 Å². The Labute approximate surface area is 153 Å². The first-order valence-electron chi connectivity index (χ1n) is 8.03. The Morgan fingerprint density at radius 2 is 2.32 bits per heavy atom. The fourth-order valence-corrected chi connectivity index (χ4v) is 4.09. The van der Waals surface area contributed by atoms with E-state index in [9.17, 15) is 4.79 Å². The number of amides is 1. The zero-order chi connectivity index (χ0) is 17.4. The number of aryl methyl sites for hydroxylation is 1. The highest BCUT2D eigenvalue weighted by molar-refractivity contribution is 7.22. The van der Waals surface area contributed by atoms with Crippen LogP contribution < -0.4 is 4.90 Å². The second kappa shape index (κ2) is 6.74. The lowest BCUT2D eigenvalue weighted by atomic mass is 10.2. The highest BCUT2D eigenvalue weighted by Gasteiger charge is 2.29. The van der Waals surface area contributed by atoms with Gasteiger partial charge in [-0.2, -0.15) is 0 Å². The van der Waals surface area contributed by atoms with Crippen molar-refractivity contribution < 1.29 is 14.1 Å². The largest absolute Gasteiger partial charge is 0.376 e. The van der Waals surface area contributed by atoms with Crippen LogP contribution in [-0.2, 0) is 4.74 Å². The SMILES string of the molecule is Cc1cc(C(=O)N(C[C@H]2CCCO2)c2nc3ccc(Cl)cc3s2)on1. The van der Waals surface area contributed by atoms with Gasteiger partial charge in [-0.3, -0.25) is 9.69 Å². The molecule has 0 unspecified atom stereocenters. The molecule has 0 bridgehead atoms. The molecule has 1 atom stereocenters. The van der Waals surface area contributed by atoms with Crippen LogP contribution in [0.25, 0.3) is 10.2 Å².